The van der Waals surface area contributed by atoms with Gasteiger partial charge >= 0.3 is 6.18 Å². The molecule has 0 saturated carbocycles. The number of rotatable bonds is 5. The van der Waals surface area contributed by atoms with E-state index in [9.17, 15) is 26.4 Å². The van der Waals surface area contributed by atoms with Gasteiger partial charge in [-0.25, -0.2) is 13.8 Å². The monoisotopic (exact) mass is 441 g/mol. The summed E-state index contributed by atoms with van der Waals surface area (Å²) < 4.78 is 69.5. The Bertz CT molecular complexity index is 1030. The Balaban J connectivity index is 1.67. The third-order valence-electron chi connectivity index (χ3n) is 4.32. The summed E-state index contributed by atoms with van der Waals surface area (Å²) >= 11 is 0. The number of benzene rings is 2. The van der Waals surface area contributed by atoms with Crippen molar-refractivity contribution >= 4 is 22.1 Å². The molecule has 2 aromatic carbocycles. The van der Waals surface area contributed by atoms with Crippen LogP contribution in [-0.2, 0) is 20.9 Å². The van der Waals surface area contributed by atoms with E-state index >= 15 is 0 Å². The smallest absolute Gasteiger partial charge is 0.379 e. The second kappa shape index (κ2) is 8.94. The van der Waals surface area contributed by atoms with E-state index in [2.05, 4.69) is 10.5 Å². The number of hydrazone groups is 1. The first-order valence-corrected chi connectivity index (χ1v) is 10.3. The van der Waals surface area contributed by atoms with Crippen molar-refractivity contribution in [3.8, 4) is 0 Å². The summed E-state index contributed by atoms with van der Waals surface area (Å²) in [7, 11) is -3.75. The molecule has 30 heavy (non-hydrogen) atoms. The van der Waals surface area contributed by atoms with E-state index in [4.69, 9.17) is 4.74 Å². The van der Waals surface area contributed by atoms with Crippen LogP contribution in [0.5, 0.6) is 0 Å². The number of halogens is 3. The summed E-state index contributed by atoms with van der Waals surface area (Å²) in [6.07, 6.45) is -3.25. The molecule has 0 bridgehead atoms. The van der Waals surface area contributed by atoms with Crippen molar-refractivity contribution in [2.24, 2.45) is 5.10 Å². The first-order valence-electron chi connectivity index (χ1n) is 8.86. The highest BCUT2D eigenvalue weighted by Gasteiger charge is 2.30. The molecule has 1 heterocycles. The second-order valence-corrected chi connectivity index (χ2v) is 8.30. The van der Waals surface area contributed by atoms with Crippen molar-refractivity contribution in [1.29, 1.82) is 0 Å². The number of alkyl halides is 3. The largest absolute Gasteiger partial charge is 0.416 e. The van der Waals surface area contributed by atoms with Gasteiger partial charge in [0.1, 0.15) is 0 Å². The van der Waals surface area contributed by atoms with Crippen LogP contribution in [-0.4, -0.2) is 51.1 Å². The lowest BCUT2D eigenvalue weighted by Gasteiger charge is -2.26. The number of hydrogen-bond donors (Lipinski definition) is 1. The lowest BCUT2D eigenvalue weighted by Crippen LogP contribution is -2.40. The molecule has 3 rings (SSSR count). The van der Waals surface area contributed by atoms with Crippen LogP contribution in [0.4, 0.5) is 13.2 Å². The van der Waals surface area contributed by atoms with Gasteiger partial charge in [0.25, 0.3) is 5.91 Å². The van der Waals surface area contributed by atoms with Crippen LogP contribution in [0, 0.1) is 0 Å². The van der Waals surface area contributed by atoms with Crippen molar-refractivity contribution in [3.63, 3.8) is 0 Å². The molecule has 0 atom stereocenters. The number of hydrogen-bond acceptors (Lipinski definition) is 5. The molecule has 0 aromatic heterocycles. The van der Waals surface area contributed by atoms with Crippen molar-refractivity contribution in [1.82, 2.24) is 9.73 Å². The van der Waals surface area contributed by atoms with Gasteiger partial charge in [-0.1, -0.05) is 18.2 Å². The zero-order valence-electron chi connectivity index (χ0n) is 15.6. The molecule has 1 aliphatic heterocycles. The van der Waals surface area contributed by atoms with E-state index in [-0.39, 0.29) is 23.5 Å². The Kier molecular flexibility index (Phi) is 6.54. The molecule has 160 valence electrons. The van der Waals surface area contributed by atoms with Crippen LogP contribution < -0.4 is 5.43 Å². The fourth-order valence-electron chi connectivity index (χ4n) is 2.72. The van der Waals surface area contributed by atoms with Crippen LogP contribution in [0.25, 0.3) is 0 Å². The van der Waals surface area contributed by atoms with Crippen molar-refractivity contribution in [3.05, 3.63) is 65.2 Å². The molecule has 0 unspecified atom stereocenters. The molecule has 2 aromatic rings. The number of nitrogens with zero attached hydrogens (tertiary/aromatic N) is 2. The number of nitrogens with one attached hydrogen (secondary N) is 1. The SMILES string of the molecule is O=C(N/N=C/c1ccc(C(F)(F)F)cc1)c1cccc(S(=O)(=O)N2CCOCC2)c1. The quantitative estimate of drug-likeness (QED) is 0.571. The Morgan fingerprint density at radius 1 is 1.10 bits per heavy atom. The zero-order chi connectivity index (χ0) is 21.8. The predicted octanol–water partition coefficient (Wildman–Crippen LogP) is 2.49. The third kappa shape index (κ3) is 5.23. The first kappa shape index (κ1) is 21.9. The van der Waals surface area contributed by atoms with E-state index < -0.39 is 27.7 Å². The molecular weight excluding hydrogens is 423 g/mol. The van der Waals surface area contributed by atoms with Crippen LogP contribution in [0.15, 0.2) is 58.5 Å². The van der Waals surface area contributed by atoms with Gasteiger partial charge in [0.15, 0.2) is 0 Å². The number of morpholine rings is 1. The van der Waals surface area contributed by atoms with Gasteiger partial charge in [-0.3, -0.25) is 4.79 Å². The zero-order valence-corrected chi connectivity index (χ0v) is 16.4. The molecule has 1 amide bonds. The molecule has 1 fully saturated rings. The maximum Gasteiger partial charge on any atom is 0.416 e. The Labute approximate surface area is 171 Å². The highest BCUT2D eigenvalue weighted by atomic mass is 32.2. The van der Waals surface area contributed by atoms with Crippen molar-refractivity contribution in [2.75, 3.05) is 26.3 Å². The van der Waals surface area contributed by atoms with Gasteiger partial charge in [0, 0.05) is 18.7 Å². The molecular formula is C19H18F3N3O4S. The standard InChI is InChI=1S/C19H18F3N3O4S/c20-19(21,22)16-6-4-14(5-7-16)13-23-24-18(26)15-2-1-3-17(12-15)30(27,28)25-8-10-29-11-9-25/h1-7,12-13H,8-11H2,(H,24,26)/b23-13+. The fraction of sp³-hybridized carbons (Fsp3) is 0.263. The number of ether oxygens (including phenoxy) is 1. The predicted molar refractivity (Wildman–Crippen MR) is 103 cm³/mol. The Hall–Kier alpha value is -2.76. The van der Waals surface area contributed by atoms with E-state index in [1.54, 1.807) is 0 Å². The Morgan fingerprint density at radius 2 is 1.77 bits per heavy atom. The minimum absolute atomic E-state index is 0.0243. The first-order chi connectivity index (χ1) is 14.2. The number of carbonyl (C=O) groups excluding carboxylic acids is 1. The summed E-state index contributed by atoms with van der Waals surface area (Å²) in [5.41, 5.74) is 1.87. The lowest BCUT2D eigenvalue weighted by molar-refractivity contribution is -0.137. The molecule has 0 radical (unpaired) electrons. The minimum Gasteiger partial charge on any atom is -0.379 e. The topological polar surface area (TPSA) is 88.1 Å². The summed E-state index contributed by atoms with van der Waals surface area (Å²) in [6.45, 7) is 1.07. The fourth-order valence-corrected chi connectivity index (χ4v) is 4.18. The van der Waals surface area contributed by atoms with Crippen molar-refractivity contribution < 1.29 is 31.1 Å². The summed E-state index contributed by atoms with van der Waals surface area (Å²) in [5.74, 6) is -0.655. The summed E-state index contributed by atoms with van der Waals surface area (Å²) in [5, 5.41) is 3.71. The molecule has 1 aliphatic rings. The number of carbonyl (C=O) groups is 1. The summed E-state index contributed by atoms with van der Waals surface area (Å²) in [6, 6.07) is 9.76. The third-order valence-corrected chi connectivity index (χ3v) is 6.22. The molecule has 0 aliphatic carbocycles. The maximum atomic E-state index is 12.7. The van der Waals surface area contributed by atoms with Gasteiger partial charge in [0.05, 0.1) is 29.9 Å². The van der Waals surface area contributed by atoms with Gasteiger partial charge in [-0.2, -0.15) is 22.6 Å². The van der Waals surface area contributed by atoms with Gasteiger partial charge < -0.3 is 4.74 Å². The van der Waals surface area contributed by atoms with Gasteiger partial charge in [0.2, 0.25) is 10.0 Å². The Morgan fingerprint density at radius 3 is 2.40 bits per heavy atom. The maximum absolute atomic E-state index is 12.7. The summed E-state index contributed by atoms with van der Waals surface area (Å²) in [4.78, 5) is 12.2. The average Bonchev–Trinajstić information content (AvgIpc) is 2.74. The van der Waals surface area contributed by atoms with E-state index in [1.807, 2.05) is 0 Å². The molecule has 11 heteroatoms. The molecule has 0 spiro atoms. The minimum atomic E-state index is -4.43. The van der Waals surface area contributed by atoms with Gasteiger partial charge in [-0.15, -0.1) is 0 Å². The van der Waals surface area contributed by atoms with E-state index in [0.29, 0.717) is 18.8 Å². The van der Waals surface area contributed by atoms with Crippen LogP contribution >= 0.6 is 0 Å². The van der Waals surface area contributed by atoms with Crippen LogP contribution in [0.3, 0.4) is 0 Å². The second-order valence-electron chi connectivity index (χ2n) is 6.36. The normalized spacial score (nSPS) is 16.0. The van der Waals surface area contributed by atoms with E-state index in [1.165, 1.54) is 46.9 Å². The number of sulfonamides is 1. The van der Waals surface area contributed by atoms with Crippen molar-refractivity contribution in [2.45, 2.75) is 11.1 Å². The number of amides is 1. The average molecular weight is 441 g/mol. The van der Waals surface area contributed by atoms with E-state index in [0.717, 1.165) is 12.1 Å². The molecule has 7 nitrogen and oxygen atoms in total. The van der Waals surface area contributed by atoms with Crippen LogP contribution in [0.1, 0.15) is 21.5 Å². The highest BCUT2D eigenvalue weighted by Crippen LogP contribution is 2.28. The highest BCUT2D eigenvalue weighted by molar-refractivity contribution is 7.89. The van der Waals surface area contributed by atoms with Crippen LogP contribution in [0.2, 0.25) is 0 Å². The lowest BCUT2D eigenvalue weighted by atomic mass is 10.1. The molecule has 1 saturated heterocycles. The molecule has 1 N–H and O–H groups in total. The van der Waals surface area contributed by atoms with Gasteiger partial charge in [-0.05, 0) is 35.9 Å².